The lowest BCUT2D eigenvalue weighted by molar-refractivity contribution is -0.870. The van der Waals surface area contributed by atoms with Crippen LogP contribution in [-0.4, -0.2) is 70.7 Å². The van der Waals surface area contributed by atoms with Crippen molar-refractivity contribution in [3.63, 3.8) is 0 Å². The van der Waals surface area contributed by atoms with E-state index in [-0.39, 0.29) is 25.8 Å². The Morgan fingerprint density at radius 2 is 0.921 bits per heavy atom. The minimum absolute atomic E-state index is 0.0244. The van der Waals surface area contributed by atoms with Crippen LogP contribution in [0.5, 0.6) is 0 Å². The van der Waals surface area contributed by atoms with Crippen LogP contribution in [0.1, 0.15) is 245 Å². The minimum Gasteiger partial charge on any atom is -0.756 e. The van der Waals surface area contributed by atoms with Crippen LogP contribution in [0.2, 0.25) is 0 Å². The van der Waals surface area contributed by atoms with E-state index in [1.807, 2.05) is 21.1 Å². The van der Waals surface area contributed by atoms with Gasteiger partial charge in [0.15, 0.2) is 0 Å². The van der Waals surface area contributed by atoms with E-state index in [1.54, 1.807) is 0 Å². The Bertz CT molecular complexity index is 1100. The standard InChI is InChI=1S/C54H104NO7P/c1-6-8-10-12-14-16-18-20-22-24-25-26-27-28-29-30-31-32-33-35-37-39-41-43-45-47-54(56)62-53(52-61-63(57,58)60-50-48-55(3,4)5)51-59-49-46-44-42-40-38-36-34-23-21-19-17-15-13-11-9-7-2/h9,11,15,17,21,23,53H,6-8,10,12-14,16,18-20,22,24-52H2,1-5H3/b11-9-,17-15-,23-21-. The number of phosphoric acid groups is 1. The molecule has 2 atom stereocenters. The zero-order chi connectivity index (χ0) is 46.2. The monoisotopic (exact) mass is 910 g/mol. The Hall–Kier alpha value is -1.28. The molecule has 0 N–H and O–H groups in total. The van der Waals surface area contributed by atoms with Crippen molar-refractivity contribution in [2.24, 2.45) is 0 Å². The zero-order valence-electron chi connectivity index (χ0n) is 42.3. The summed E-state index contributed by atoms with van der Waals surface area (Å²) in [6.45, 7) is 5.31. The molecule has 0 aromatic heterocycles. The van der Waals surface area contributed by atoms with Crippen molar-refractivity contribution in [3.05, 3.63) is 36.5 Å². The maximum Gasteiger partial charge on any atom is 0.306 e. The largest absolute Gasteiger partial charge is 0.756 e. The maximum atomic E-state index is 12.8. The van der Waals surface area contributed by atoms with Gasteiger partial charge < -0.3 is 27.9 Å². The van der Waals surface area contributed by atoms with Crippen LogP contribution in [0.15, 0.2) is 36.5 Å². The fourth-order valence-corrected chi connectivity index (χ4v) is 8.35. The van der Waals surface area contributed by atoms with Gasteiger partial charge in [0.2, 0.25) is 0 Å². The third kappa shape index (κ3) is 51.6. The number of likely N-dealkylation sites (N-methyl/N-ethyl adjacent to an activating group) is 1. The van der Waals surface area contributed by atoms with Gasteiger partial charge in [-0.15, -0.1) is 0 Å². The fraction of sp³-hybridized carbons (Fsp3) is 0.870. The van der Waals surface area contributed by atoms with Gasteiger partial charge in [0, 0.05) is 13.0 Å². The van der Waals surface area contributed by atoms with E-state index in [0.29, 0.717) is 24.1 Å². The molecule has 0 rings (SSSR count). The highest BCUT2D eigenvalue weighted by molar-refractivity contribution is 7.45. The number of nitrogens with zero attached hydrogens (tertiary/aromatic N) is 1. The van der Waals surface area contributed by atoms with E-state index < -0.39 is 13.9 Å². The molecule has 63 heavy (non-hydrogen) atoms. The molecule has 0 saturated carbocycles. The van der Waals surface area contributed by atoms with Gasteiger partial charge >= 0.3 is 5.97 Å². The molecule has 0 aliphatic carbocycles. The third-order valence-electron chi connectivity index (χ3n) is 11.7. The van der Waals surface area contributed by atoms with E-state index in [4.69, 9.17) is 18.5 Å². The van der Waals surface area contributed by atoms with E-state index in [0.717, 1.165) is 64.2 Å². The van der Waals surface area contributed by atoms with E-state index in [2.05, 4.69) is 50.3 Å². The molecule has 0 heterocycles. The molecule has 0 spiro atoms. The van der Waals surface area contributed by atoms with Crippen molar-refractivity contribution in [1.29, 1.82) is 0 Å². The lowest BCUT2D eigenvalue weighted by atomic mass is 10.0. The first-order valence-corrected chi connectivity index (χ1v) is 28.2. The normalized spacial score (nSPS) is 13.8. The number of quaternary nitrogens is 1. The van der Waals surface area contributed by atoms with Gasteiger partial charge in [-0.1, -0.05) is 230 Å². The average Bonchev–Trinajstić information content (AvgIpc) is 3.24. The van der Waals surface area contributed by atoms with Gasteiger partial charge in [-0.3, -0.25) is 9.36 Å². The first-order valence-electron chi connectivity index (χ1n) is 26.7. The molecule has 0 saturated heterocycles. The molecule has 372 valence electrons. The molecule has 0 aromatic carbocycles. The number of phosphoric ester groups is 1. The molecule has 0 aliphatic heterocycles. The van der Waals surface area contributed by atoms with Crippen LogP contribution in [0.4, 0.5) is 0 Å². The lowest BCUT2D eigenvalue weighted by Crippen LogP contribution is -2.37. The summed E-state index contributed by atoms with van der Waals surface area (Å²) in [6, 6.07) is 0. The highest BCUT2D eigenvalue weighted by Gasteiger charge is 2.20. The number of carbonyl (C=O) groups excluding carboxylic acids is 1. The Balaban J connectivity index is 4.05. The summed E-state index contributed by atoms with van der Waals surface area (Å²) in [5, 5.41) is 0. The third-order valence-corrected chi connectivity index (χ3v) is 12.7. The highest BCUT2D eigenvalue weighted by Crippen LogP contribution is 2.38. The Kier molecular flexibility index (Phi) is 46.3. The molecule has 0 aliphatic rings. The topological polar surface area (TPSA) is 94.1 Å². The number of allylic oxidation sites excluding steroid dienone is 6. The van der Waals surface area contributed by atoms with Crippen LogP contribution < -0.4 is 4.89 Å². The number of hydrogen-bond acceptors (Lipinski definition) is 7. The molecular formula is C54H104NO7P. The summed E-state index contributed by atoms with van der Waals surface area (Å²) in [4.78, 5) is 25.2. The number of carbonyl (C=O) groups is 1. The van der Waals surface area contributed by atoms with Crippen molar-refractivity contribution in [2.45, 2.75) is 251 Å². The van der Waals surface area contributed by atoms with Crippen molar-refractivity contribution in [1.82, 2.24) is 0 Å². The highest BCUT2D eigenvalue weighted by atomic mass is 31.2. The first-order chi connectivity index (χ1) is 30.6. The molecule has 9 heteroatoms. The fourth-order valence-electron chi connectivity index (χ4n) is 7.62. The molecule has 0 aromatic rings. The van der Waals surface area contributed by atoms with Crippen molar-refractivity contribution in [3.8, 4) is 0 Å². The van der Waals surface area contributed by atoms with Crippen molar-refractivity contribution in [2.75, 3.05) is 54.1 Å². The first kappa shape index (κ1) is 61.7. The number of esters is 1. The summed E-state index contributed by atoms with van der Waals surface area (Å²) in [5.74, 6) is -0.334. The lowest BCUT2D eigenvalue weighted by Gasteiger charge is -2.28. The number of ether oxygens (including phenoxy) is 2. The second-order valence-corrected chi connectivity index (χ2v) is 20.6. The molecular weight excluding hydrogens is 806 g/mol. The van der Waals surface area contributed by atoms with Crippen LogP contribution in [0.25, 0.3) is 0 Å². The van der Waals surface area contributed by atoms with Crippen LogP contribution >= 0.6 is 7.82 Å². The summed E-state index contributed by atoms with van der Waals surface area (Å²) in [7, 11) is 1.35. The molecule has 0 radical (unpaired) electrons. The number of unbranched alkanes of at least 4 members (excludes halogenated alkanes) is 30. The smallest absolute Gasteiger partial charge is 0.306 e. The molecule has 0 fully saturated rings. The van der Waals surface area contributed by atoms with E-state index in [1.165, 1.54) is 161 Å². The van der Waals surface area contributed by atoms with Crippen LogP contribution in [0.3, 0.4) is 0 Å². The summed E-state index contributed by atoms with van der Waals surface area (Å²) in [6.07, 6.45) is 57.5. The second-order valence-electron chi connectivity index (χ2n) is 19.2. The predicted molar refractivity (Wildman–Crippen MR) is 268 cm³/mol. The predicted octanol–water partition coefficient (Wildman–Crippen LogP) is 15.9. The average molecular weight is 910 g/mol. The van der Waals surface area contributed by atoms with Gasteiger partial charge in [0.1, 0.15) is 19.3 Å². The van der Waals surface area contributed by atoms with E-state index in [9.17, 15) is 14.3 Å². The Labute approximate surface area is 391 Å². The zero-order valence-corrected chi connectivity index (χ0v) is 43.2. The molecule has 8 nitrogen and oxygen atoms in total. The summed E-state index contributed by atoms with van der Waals surface area (Å²) >= 11 is 0. The van der Waals surface area contributed by atoms with Gasteiger partial charge in [-0.25, -0.2) is 0 Å². The quantitative estimate of drug-likeness (QED) is 0.0197. The maximum absolute atomic E-state index is 12.8. The van der Waals surface area contributed by atoms with E-state index >= 15 is 0 Å². The SMILES string of the molecule is CC/C=C\C/C=C\C/C=C\CCCCCCCCOCC(COP(=O)([O-])OCC[N+](C)(C)C)OC(=O)CCCCCCCCCCCCCCCCCCCCCCCCCCC. The van der Waals surface area contributed by atoms with Gasteiger partial charge in [0.25, 0.3) is 7.82 Å². The number of hydrogen-bond donors (Lipinski definition) is 0. The molecule has 0 bridgehead atoms. The van der Waals surface area contributed by atoms with Crippen molar-refractivity contribution < 1.29 is 37.3 Å². The van der Waals surface area contributed by atoms with Crippen molar-refractivity contribution >= 4 is 13.8 Å². The second kappa shape index (κ2) is 47.2. The Morgan fingerprint density at radius 1 is 0.508 bits per heavy atom. The molecule has 2 unspecified atom stereocenters. The van der Waals surface area contributed by atoms with Crippen LogP contribution in [0, 0.1) is 0 Å². The van der Waals surface area contributed by atoms with Gasteiger partial charge in [0.05, 0.1) is 34.4 Å². The number of rotatable bonds is 50. The van der Waals surface area contributed by atoms with Crippen LogP contribution in [-0.2, 0) is 27.9 Å². The Morgan fingerprint density at radius 3 is 1.38 bits per heavy atom. The molecule has 0 amide bonds. The van der Waals surface area contributed by atoms with Gasteiger partial charge in [-0.2, -0.15) is 0 Å². The van der Waals surface area contributed by atoms with Gasteiger partial charge in [-0.05, 0) is 44.9 Å². The minimum atomic E-state index is -4.53. The summed E-state index contributed by atoms with van der Waals surface area (Å²) < 4.78 is 34.7. The summed E-state index contributed by atoms with van der Waals surface area (Å²) in [5.41, 5.74) is 0.